The van der Waals surface area contributed by atoms with Gasteiger partial charge in [0.1, 0.15) is 5.69 Å². The molecule has 2 aliphatic rings. The van der Waals surface area contributed by atoms with Crippen LogP contribution in [0, 0.1) is 0 Å². The van der Waals surface area contributed by atoms with Crippen molar-refractivity contribution >= 4 is 33.6 Å². The zero-order valence-corrected chi connectivity index (χ0v) is 15.3. The van der Waals surface area contributed by atoms with E-state index < -0.39 is 0 Å². The fourth-order valence-electron chi connectivity index (χ4n) is 3.42. The summed E-state index contributed by atoms with van der Waals surface area (Å²) in [7, 11) is 0. The van der Waals surface area contributed by atoms with Crippen LogP contribution in [0.25, 0.3) is 10.1 Å². The summed E-state index contributed by atoms with van der Waals surface area (Å²) in [5, 5.41) is 3.84. The van der Waals surface area contributed by atoms with Crippen LogP contribution >= 0.6 is 11.5 Å². The highest BCUT2D eigenvalue weighted by molar-refractivity contribution is 7.13. The van der Waals surface area contributed by atoms with Gasteiger partial charge in [-0.1, -0.05) is 18.2 Å². The van der Waals surface area contributed by atoms with Crippen molar-refractivity contribution in [2.45, 2.75) is 18.9 Å². The Labute approximate surface area is 156 Å². The van der Waals surface area contributed by atoms with E-state index in [2.05, 4.69) is 9.69 Å². The van der Waals surface area contributed by atoms with Gasteiger partial charge in [0.25, 0.3) is 5.91 Å². The monoisotopic (exact) mass is 374 g/mol. The van der Waals surface area contributed by atoms with Gasteiger partial charge in [-0.2, -0.15) is 4.37 Å². The van der Waals surface area contributed by atoms with Crippen molar-refractivity contribution in [1.82, 2.24) is 19.5 Å². The van der Waals surface area contributed by atoms with Gasteiger partial charge in [0.2, 0.25) is 0 Å². The minimum absolute atomic E-state index is 0.0538. The number of amides is 3. The number of urea groups is 1. The third kappa shape index (κ3) is 3.52. The fraction of sp³-hybridized carbons (Fsp3) is 0.500. The van der Waals surface area contributed by atoms with Gasteiger partial charge in [0, 0.05) is 44.7 Å². The molecule has 1 aromatic heterocycles. The first-order valence-electron chi connectivity index (χ1n) is 9.00. The SMILES string of the molecule is O=C(NC[C@H]1CCCO1)N1CCN(C(=O)c2nsc3ccccc23)CC1. The molecule has 2 aromatic rings. The molecule has 26 heavy (non-hydrogen) atoms. The molecule has 8 heteroatoms. The van der Waals surface area contributed by atoms with Crippen LogP contribution in [0.3, 0.4) is 0 Å². The Balaban J connectivity index is 1.31. The van der Waals surface area contributed by atoms with Crippen molar-refractivity contribution in [1.29, 1.82) is 0 Å². The third-order valence-corrected chi connectivity index (χ3v) is 5.77. The van der Waals surface area contributed by atoms with Crippen LogP contribution in [0.2, 0.25) is 0 Å². The van der Waals surface area contributed by atoms with Crippen LogP contribution in [0.5, 0.6) is 0 Å². The number of nitrogens with zero attached hydrogens (tertiary/aromatic N) is 3. The Morgan fingerprint density at radius 1 is 1.19 bits per heavy atom. The molecule has 2 aliphatic heterocycles. The molecule has 138 valence electrons. The summed E-state index contributed by atoms with van der Waals surface area (Å²) >= 11 is 1.35. The third-order valence-electron chi connectivity index (χ3n) is 4.94. The van der Waals surface area contributed by atoms with Gasteiger partial charge in [-0.05, 0) is 30.4 Å². The molecule has 3 heterocycles. The van der Waals surface area contributed by atoms with Crippen LogP contribution in [0.15, 0.2) is 24.3 Å². The van der Waals surface area contributed by atoms with Crippen LogP contribution in [0.4, 0.5) is 4.79 Å². The largest absolute Gasteiger partial charge is 0.376 e. The quantitative estimate of drug-likeness (QED) is 0.891. The molecule has 3 amide bonds. The van der Waals surface area contributed by atoms with Crippen molar-refractivity contribution in [2.75, 3.05) is 39.3 Å². The standard InChI is InChI=1S/C18H22N4O3S/c23-17(16-14-5-1-2-6-15(14)26-20-16)21-7-9-22(10-8-21)18(24)19-12-13-4-3-11-25-13/h1-2,5-6,13H,3-4,7-12H2,(H,19,24)/t13-/m1/s1. The second kappa shape index (κ2) is 7.59. The molecular formula is C18H22N4O3S. The number of hydrogen-bond donors (Lipinski definition) is 1. The van der Waals surface area contributed by atoms with E-state index in [9.17, 15) is 9.59 Å². The van der Waals surface area contributed by atoms with Gasteiger partial charge >= 0.3 is 6.03 Å². The van der Waals surface area contributed by atoms with E-state index in [1.54, 1.807) is 9.80 Å². The summed E-state index contributed by atoms with van der Waals surface area (Å²) < 4.78 is 10.9. The Hall–Kier alpha value is -2.19. The highest BCUT2D eigenvalue weighted by Crippen LogP contribution is 2.23. The summed E-state index contributed by atoms with van der Waals surface area (Å²) in [6.07, 6.45) is 2.20. The summed E-state index contributed by atoms with van der Waals surface area (Å²) in [6, 6.07) is 7.69. The minimum atomic E-state index is -0.0771. The molecule has 1 atom stereocenters. The molecule has 0 spiro atoms. The van der Waals surface area contributed by atoms with Crippen LogP contribution < -0.4 is 5.32 Å². The number of ether oxygens (including phenoxy) is 1. The number of benzene rings is 1. The van der Waals surface area contributed by atoms with Crippen molar-refractivity contribution < 1.29 is 14.3 Å². The van der Waals surface area contributed by atoms with Crippen LogP contribution in [0.1, 0.15) is 23.3 Å². The van der Waals surface area contributed by atoms with Gasteiger partial charge in [-0.15, -0.1) is 0 Å². The molecule has 0 bridgehead atoms. The highest BCUT2D eigenvalue weighted by Gasteiger charge is 2.27. The molecule has 4 rings (SSSR count). The van der Waals surface area contributed by atoms with E-state index in [1.165, 1.54) is 11.5 Å². The topological polar surface area (TPSA) is 74.8 Å². The summed E-state index contributed by atoms with van der Waals surface area (Å²) in [5.74, 6) is -0.0538. The lowest BCUT2D eigenvalue weighted by Crippen LogP contribution is -2.53. The fourth-order valence-corrected chi connectivity index (χ4v) is 4.19. The lowest BCUT2D eigenvalue weighted by atomic mass is 10.2. The van der Waals surface area contributed by atoms with Crippen molar-refractivity contribution in [2.24, 2.45) is 0 Å². The number of nitrogens with one attached hydrogen (secondary N) is 1. The smallest absolute Gasteiger partial charge is 0.317 e. The Morgan fingerprint density at radius 3 is 2.73 bits per heavy atom. The van der Waals surface area contributed by atoms with Gasteiger partial charge in [-0.25, -0.2) is 4.79 Å². The molecule has 0 aliphatic carbocycles. The molecule has 2 saturated heterocycles. The van der Waals surface area contributed by atoms with E-state index >= 15 is 0 Å². The van der Waals surface area contributed by atoms with Gasteiger partial charge in [-0.3, -0.25) is 4.79 Å². The molecule has 7 nitrogen and oxygen atoms in total. The van der Waals surface area contributed by atoms with Gasteiger partial charge in [0.05, 0.1) is 10.8 Å². The average Bonchev–Trinajstić information content (AvgIpc) is 3.35. The zero-order chi connectivity index (χ0) is 17.9. The first-order valence-corrected chi connectivity index (χ1v) is 9.78. The van der Waals surface area contributed by atoms with E-state index in [0.29, 0.717) is 38.4 Å². The lowest BCUT2D eigenvalue weighted by molar-refractivity contribution is 0.0657. The molecule has 2 fully saturated rings. The second-order valence-electron chi connectivity index (χ2n) is 6.63. The Bertz CT molecular complexity index is 795. The predicted molar refractivity (Wildman–Crippen MR) is 99.5 cm³/mol. The minimum Gasteiger partial charge on any atom is -0.376 e. The number of fused-ring (bicyclic) bond motifs is 1. The molecule has 0 saturated carbocycles. The predicted octanol–water partition coefficient (Wildman–Crippen LogP) is 1.94. The summed E-state index contributed by atoms with van der Waals surface area (Å²) in [4.78, 5) is 28.6. The Morgan fingerprint density at radius 2 is 1.96 bits per heavy atom. The number of rotatable bonds is 3. The van der Waals surface area contributed by atoms with E-state index in [0.717, 1.165) is 29.5 Å². The summed E-state index contributed by atoms with van der Waals surface area (Å²) in [6.45, 7) is 3.46. The summed E-state index contributed by atoms with van der Waals surface area (Å²) in [5.41, 5.74) is 0.516. The first kappa shape index (κ1) is 17.2. The average molecular weight is 374 g/mol. The van der Waals surface area contributed by atoms with Crippen molar-refractivity contribution in [3.05, 3.63) is 30.0 Å². The molecule has 1 N–H and O–H groups in total. The Kier molecular flexibility index (Phi) is 5.03. The number of carbonyl (C=O) groups excluding carboxylic acids is 2. The lowest BCUT2D eigenvalue weighted by Gasteiger charge is -2.34. The maximum Gasteiger partial charge on any atom is 0.317 e. The second-order valence-corrected chi connectivity index (χ2v) is 7.43. The maximum absolute atomic E-state index is 12.8. The molecule has 0 unspecified atom stereocenters. The number of aromatic nitrogens is 1. The first-order chi connectivity index (χ1) is 12.7. The number of hydrogen-bond acceptors (Lipinski definition) is 5. The van der Waals surface area contributed by atoms with E-state index in [-0.39, 0.29) is 18.0 Å². The van der Waals surface area contributed by atoms with Gasteiger partial charge < -0.3 is 19.9 Å². The normalized spacial score (nSPS) is 20.5. The molecular weight excluding hydrogens is 352 g/mol. The zero-order valence-electron chi connectivity index (χ0n) is 14.5. The maximum atomic E-state index is 12.8. The van der Waals surface area contributed by atoms with Crippen molar-refractivity contribution in [3.63, 3.8) is 0 Å². The van der Waals surface area contributed by atoms with Crippen LogP contribution in [-0.4, -0.2) is 71.5 Å². The molecule has 1 aromatic carbocycles. The van der Waals surface area contributed by atoms with Crippen molar-refractivity contribution in [3.8, 4) is 0 Å². The molecule has 0 radical (unpaired) electrons. The highest BCUT2D eigenvalue weighted by atomic mass is 32.1. The van der Waals surface area contributed by atoms with Gasteiger partial charge in [0.15, 0.2) is 0 Å². The van der Waals surface area contributed by atoms with E-state index in [1.807, 2.05) is 24.3 Å². The number of carbonyl (C=O) groups is 2. The number of piperazine rings is 1. The van der Waals surface area contributed by atoms with Crippen LogP contribution in [-0.2, 0) is 4.74 Å². The van der Waals surface area contributed by atoms with E-state index in [4.69, 9.17) is 4.74 Å².